The zero-order valence-electron chi connectivity index (χ0n) is 14.4. The molecule has 2 N–H and O–H groups in total. The molecule has 1 aliphatic heterocycles. The number of piperidine rings is 1. The molecule has 1 rings (SSSR count). The monoisotopic (exact) mass is 355 g/mol. The molecule has 2 atom stereocenters. The van der Waals surface area contributed by atoms with Gasteiger partial charge in [0.2, 0.25) is 5.91 Å². The van der Waals surface area contributed by atoms with Crippen molar-refractivity contribution in [2.24, 2.45) is 5.92 Å². The van der Waals surface area contributed by atoms with Crippen LogP contribution in [0.2, 0.25) is 0 Å². The number of carbonyl (C=O) groups is 1. The summed E-state index contributed by atoms with van der Waals surface area (Å²) in [6.07, 6.45) is 5.17. The van der Waals surface area contributed by atoms with E-state index in [0.29, 0.717) is 18.4 Å². The van der Waals surface area contributed by atoms with Gasteiger partial charge in [-0.25, -0.2) is 0 Å². The van der Waals surface area contributed by atoms with E-state index in [4.69, 9.17) is 0 Å². The van der Waals surface area contributed by atoms with Crippen molar-refractivity contribution in [3.05, 3.63) is 0 Å². The van der Waals surface area contributed by atoms with Gasteiger partial charge < -0.3 is 15.5 Å². The van der Waals surface area contributed by atoms with Gasteiger partial charge in [0.05, 0.1) is 0 Å². The molecule has 1 fully saturated rings. The summed E-state index contributed by atoms with van der Waals surface area (Å²) in [5.41, 5.74) is 0. The predicted octanol–water partition coefficient (Wildman–Crippen LogP) is 2.85. The summed E-state index contributed by atoms with van der Waals surface area (Å²) in [5, 5.41) is 6.54. The van der Waals surface area contributed by atoms with E-state index in [9.17, 15) is 4.79 Å². The van der Waals surface area contributed by atoms with E-state index in [2.05, 4.69) is 36.3 Å². The van der Waals surface area contributed by atoms with Crippen LogP contribution < -0.4 is 10.6 Å². The number of hydrogen-bond acceptors (Lipinski definition) is 3. The van der Waals surface area contributed by atoms with Gasteiger partial charge in [-0.3, -0.25) is 4.79 Å². The molecule has 0 aromatic rings. The molecule has 134 valence electrons. The van der Waals surface area contributed by atoms with Crippen LogP contribution in [-0.2, 0) is 4.79 Å². The summed E-state index contributed by atoms with van der Waals surface area (Å²) in [6.45, 7) is 12.0. The zero-order chi connectivity index (χ0) is 14.8. The third kappa shape index (κ3) is 9.88. The summed E-state index contributed by atoms with van der Waals surface area (Å²) >= 11 is 0. The molecule has 0 aromatic carbocycles. The second kappa shape index (κ2) is 14.6. The largest absolute Gasteiger partial charge is 0.352 e. The molecule has 22 heavy (non-hydrogen) atoms. The molecule has 1 aliphatic rings. The first-order chi connectivity index (χ1) is 9.67. The van der Waals surface area contributed by atoms with E-state index in [0.717, 1.165) is 45.6 Å². The van der Waals surface area contributed by atoms with Crippen LogP contribution in [-0.4, -0.2) is 49.6 Å². The SMILES string of the molecule is CCCN(CCC)CCCC(=O)NC1CNCCC1C.Cl.Cl. The molecule has 1 amide bonds. The van der Waals surface area contributed by atoms with Crippen molar-refractivity contribution in [3.8, 4) is 0 Å². The summed E-state index contributed by atoms with van der Waals surface area (Å²) in [7, 11) is 0. The van der Waals surface area contributed by atoms with Crippen LogP contribution >= 0.6 is 24.8 Å². The summed E-state index contributed by atoms with van der Waals surface area (Å²) < 4.78 is 0. The number of amides is 1. The third-order valence-electron chi connectivity index (χ3n) is 4.13. The minimum atomic E-state index is 0. The van der Waals surface area contributed by atoms with E-state index < -0.39 is 0 Å². The minimum absolute atomic E-state index is 0. The Labute approximate surface area is 149 Å². The lowest BCUT2D eigenvalue weighted by Crippen LogP contribution is -2.50. The topological polar surface area (TPSA) is 44.4 Å². The maximum atomic E-state index is 12.0. The van der Waals surface area contributed by atoms with Crippen LogP contribution in [0, 0.1) is 5.92 Å². The number of hydrogen-bond donors (Lipinski definition) is 2. The van der Waals surface area contributed by atoms with Gasteiger partial charge in [-0.15, -0.1) is 24.8 Å². The Morgan fingerprint density at radius 3 is 2.36 bits per heavy atom. The van der Waals surface area contributed by atoms with Gasteiger partial charge in [0.15, 0.2) is 0 Å². The number of nitrogens with one attached hydrogen (secondary N) is 2. The van der Waals surface area contributed by atoms with Crippen molar-refractivity contribution in [1.82, 2.24) is 15.5 Å². The summed E-state index contributed by atoms with van der Waals surface area (Å²) in [5.74, 6) is 0.815. The second-order valence-electron chi connectivity index (χ2n) is 6.09. The lowest BCUT2D eigenvalue weighted by Gasteiger charge is -2.30. The average molecular weight is 356 g/mol. The Morgan fingerprint density at radius 1 is 1.18 bits per heavy atom. The van der Waals surface area contributed by atoms with E-state index in [-0.39, 0.29) is 30.7 Å². The van der Waals surface area contributed by atoms with Crippen LogP contribution in [0.5, 0.6) is 0 Å². The van der Waals surface area contributed by atoms with Crippen LogP contribution in [0.3, 0.4) is 0 Å². The Hall–Kier alpha value is -0.0300. The fourth-order valence-corrected chi connectivity index (χ4v) is 2.89. The first-order valence-electron chi connectivity index (χ1n) is 8.39. The van der Waals surface area contributed by atoms with Crippen molar-refractivity contribution < 1.29 is 4.79 Å². The highest BCUT2D eigenvalue weighted by Gasteiger charge is 2.22. The molecular formula is C16H35Cl2N3O. The molecule has 2 unspecified atom stereocenters. The van der Waals surface area contributed by atoms with Gasteiger partial charge in [-0.1, -0.05) is 20.8 Å². The molecule has 0 radical (unpaired) electrons. The normalized spacial score (nSPS) is 20.9. The Bertz CT molecular complexity index is 274. The molecule has 0 aliphatic carbocycles. The van der Waals surface area contributed by atoms with Crippen LogP contribution in [0.25, 0.3) is 0 Å². The van der Waals surface area contributed by atoms with Gasteiger partial charge in [0.1, 0.15) is 0 Å². The Balaban J connectivity index is 0. The molecule has 0 spiro atoms. The predicted molar refractivity (Wildman–Crippen MR) is 99.3 cm³/mol. The van der Waals surface area contributed by atoms with Crippen molar-refractivity contribution in [1.29, 1.82) is 0 Å². The fourth-order valence-electron chi connectivity index (χ4n) is 2.89. The van der Waals surface area contributed by atoms with Crippen molar-refractivity contribution in [2.45, 2.75) is 58.9 Å². The fraction of sp³-hybridized carbons (Fsp3) is 0.938. The smallest absolute Gasteiger partial charge is 0.220 e. The van der Waals surface area contributed by atoms with Crippen molar-refractivity contribution in [2.75, 3.05) is 32.7 Å². The van der Waals surface area contributed by atoms with E-state index in [1.807, 2.05) is 0 Å². The maximum absolute atomic E-state index is 12.0. The quantitative estimate of drug-likeness (QED) is 0.668. The van der Waals surface area contributed by atoms with Gasteiger partial charge in [-0.2, -0.15) is 0 Å². The highest BCUT2D eigenvalue weighted by molar-refractivity contribution is 5.85. The van der Waals surface area contributed by atoms with E-state index in [1.54, 1.807) is 0 Å². The summed E-state index contributed by atoms with van der Waals surface area (Å²) in [4.78, 5) is 14.5. The first kappa shape index (κ1) is 24.2. The molecule has 0 aromatic heterocycles. The van der Waals surface area contributed by atoms with Crippen molar-refractivity contribution >= 4 is 30.7 Å². The lowest BCUT2D eigenvalue weighted by molar-refractivity contribution is -0.122. The maximum Gasteiger partial charge on any atom is 0.220 e. The van der Waals surface area contributed by atoms with Gasteiger partial charge in [0, 0.05) is 19.0 Å². The van der Waals surface area contributed by atoms with E-state index >= 15 is 0 Å². The minimum Gasteiger partial charge on any atom is -0.352 e. The summed E-state index contributed by atoms with van der Waals surface area (Å²) in [6, 6.07) is 0.318. The van der Waals surface area contributed by atoms with Crippen LogP contribution in [0.4, 0.5) is 0 Å². The Morgan fingerprint density at radius 2 is 1.82 bits per heavy atom. The number of carbonyl (C=O) groups excluding carboxylic acids is 1. The molecule has 0 bridgehead atoms. The van der Waals surface area contributed by atoms with Crippen LogP contribution in [0.1, 0.15) is 52.9 Å². The van der Waals surface area contributed by atoms with Crippen molar-refractivity contribution in [3.63, 3.8) is 0 Å². The van der Waals surface area contributed by atoms with E-state index in [1.165, 1.54) is 12.8 Å². The molecule has 1 heterocycles. The molecule has 0 saturated carbocycles. The van der Waals surface area contributed by atoms with Crippen LogP contribution in [0.15, 0.2) is 0 Å². The first-order valence-corrected chi connectivity index (χ1v) is 8.39. The average Bonchev–Trinajstić information content (AvgIpc) is 2.42. The molecule has 4 nitrogen and oxygen atoms in total. The lowest BCUT2D eigenvalue weighted by atomic mass is 9.95. The number of rotatable bonds is 9. The Kier molecular flexibility index (Phi) is 16.0. The zero-order valence-corrected chi connectivity index (χ0v) is 16.0. The molecular weight excluding hydrogens is 321 g/mol. The molecule has 6 heteroatoms. The highest BCUT2D eigenvalue weighted by atomic mass is 35.5. The van der Waals surface area contributed by atoms with Gasteiger partial charge >= 0.3 is 0 Å². The standard InChI is InChI=1S/C16H33N3O.2ClH/c1-4-10-19(11-5-2)12-6-7-16(20)18-15-13-17-9-8-14(15)3;;/h14-15,17H,4-13H2,1-3H3,(H,18,20);2*1H. The third-order valence-corrected chi connectivity index (χ3v) is 4.13. The van der Waals surface area contributed by atoms with Gasteiger partial charge in [-0.05, 0) is 57.8 Å². The number of halogens is 2. The molecule has 1 saturated heterocycles. The van der Waals surface area contributed by atoms with Gasteiger partial charge in [0.25, 0.3) is 0 Å². The number of nitrogens with zero attached hydrogens (tertiary/aromatic N) is 1. The highest BCUT2D eigenvalue weighted by Crippen LogP contribution is 2.11. The second-order valence-corrected chi connectivity index (χ2v) is 6.09.